The molecule has 2 aliphatic rings. The van der Waals surface area contributed by atoms with Crippen molar-refractivity contribution in [3.63, 3.8) is 0 Å². The Balaban J connectivity index is 1.35. The van der Waals surface area contributed by atoms with E-state index in [4.69, 9.17) is 4.74 Å². The Labute approximate surface area is 149 Å². The van der Waals surface area contributed by atoms with Gasteiger partial charge < -0.3 is 4.74 Å². The van der Waals surface area contributed by atoms with Gasteiger partial charge in [-0.2, -0.15) is 0 Å². The lowest BCUT2D eigenvalue weighted by atomic mass is 9.79. The molecule has 0 saturated heterocycles. The summed E-state index contributed by atoms with van der Waals surface area (Å²) in [4.78, 5) is 0. The van der Waals surface area contributed by atoms with Gasteiger partial charge in [0.1, 0.15) is 5.75 Å². The normalized spacial score (nSPS) is 30.9. The van der Waals surface area contributed by atoms with Crippen LogP contribution in [0.2, 0.25) is 0 Å². The van der Waals surface area contributed by atoms with Crippen molar-refractivity contribution in [1.29, 1.82) is 0 Å². The summed E-state index contributed by atoms with van der Waals surface area (Å²) < 4.78 is 5.98. The molecule has 3 rings (SSSR count). The predicted molar refractivity (Wildman–Crippen MR) is 103 cm³/mol. The highest BCUT2D eigenvalue weighted by Gasteiger charge is 2.20. The molecule has 134 valence electrons. The molecule has 0 bridgehead atoms. The Kier molecular flexibility index (Phi) is 6.63. The minimum atomic E-state index is 0.781. The van der Waals surface area contributed by atoms with Gasteiger partial charge in [0.25, 0.3) is 0 Å². The van der Waals surface area contributed by atoms with E-state index in [9.17, 15) is 0 Å². The summed E-state index contributed by atoms with van der Waals surface area (Å²) >= 11 is 0. The van der Waals surface area contributed by atoms with Gasteiger partial charge in [-0.1, -0.05) is 64.5 Å². The molecule has 1 nitrogen and oxygen atoms in total. The molecular weight excluding hydrogens is 292 g/mol. The van der Waals surface area contributed by atoms with E-state index in [2.05, 4.69) is 38.1 Å². The summed E-state index contributed by atoms with van der Waals surface area (Å²) in [6, 6.07) is 8.99. The van der Waals surface area contributed by atoms with Crippen LogP contribution in [-0.4, -0.2) is 6.61 Å². The lowest BCUT2D eigenvalue weighted by Gasteiger charge is -2.26. The Hall–Kier alpha value is -0.980. The maximum absolute atomic E-state index is 5.98. The lowest BCUT2D eigenvalue weighted by molar-refractivity contribution is 0.245. The maximum Gasteiger partial charge on any atom is 0.119 e. The van der Waals surface area contributed by atoms with Crippen LogP contribution in [0.1, 0.15) is 89.5 Å². The molecule has 24 heavy (non-hydrogen) atoms. The molecule has 0 aliphatic heterocycles. The topological polar surface area (TPSA) is 9.23 Å². The van der Waals surface area contributed by atoms with Crippen LogP contribution in [0.15, 0.2) is 24.3 Å². The third-order valence-electron chi connectivity index (χ3n) is 6.53. The maximum atomic E-state index is 5.98. The predicted octanol–water partition coefficient (Wildman–Crippen LogP) is 6.97. The van der Waals surface area contributed by atoms with Gasteiger partial charge in [-0.25, -0.2) is 0 Å². The van der Waals surface area contributed by atoms with Gasteiger partial charge in [-0.3, -0.25) is 0 Å². The number of hydrogen-bond acceptors (Lipinski definition) is 1. The van der Waals surface area contributed by atoms with Gasteiger partial charge in [0, 0.05) is 0 Å². The summed E-state index contributed by atoms with van der Waals surface area (Å²) in [5.74, 6) is 4.68. The minimum absolute atomic E-state index is 0.781. The van der Waals surface area contributed by atoms with Gasteiger partial charge in [0.2, 0.25) is 0 Å². The molecule has 0 heterocycles. The fourth-order valence-corrected chi connectivity index (χ4v) is 4.61. The van der Waals surface area contributed by atoms with Crippen LogP contribution in [0.5, 0.6) is 5.75 Å². The Morgan fingerprint density at radius 2 is 1.38 bits per heavy atom. The van der Waals surface area contributed by atoms with E-state index in [1.165, 1.54) is 69.8 Å². The second kappa shape index (κ2) is 8.92. The molecule has 0 spiro atoms. The number of benzene rings is 1. The highest BCUT2D eigenvalue weighted by molar-refractivity contribution is 5.29. The Morgan fingerprint density at radius 3 is 2.00 bits per heavy atom. The fraction of sp³-hybridized carbons (Fsp3) is 0.739. The van der Waals surface area contributed by atoms with Crippen molar-refractivity contribution in [3.8, 4) is 5.75 Å². The van der Waals surface area contributed by atoms with Crippen LogP contribution in [0.25, 0.3) is 0 Å². The zero-order valence-corrected chi connectivity index (χ0v) is 15.8. The lowest BCUT2D eigenvalue weighted by Crippen LogP contribution is -2.13. The van der Waals surface area contributed by atoms with Crippen molar-refractivity contribution in [1.82, 2.24) is 0 Å². The summed E-state index contributed by atoms with van der Waals surface area (Å²) in [5, 5.41) is 0. The molecular formula is C23H36O. The molecule has 2 fully saturated rings. The highest BCUT2D eigenvalue weighted by Crippen LogP contribution is 2.36. The molecule has 1 aromatic carbocycles. The van der Waals surface area contributed by atoms with Crippen LogP contribution in [-0.2, 0) is 0 Å². The van der Waals surface area contributed by atoms with Crippen LogP contribution >= 0.6 is 0 Å². The fourth-order valence-electron chi connectivity index (χ4n) is 4.61. The van der Waals surface area contributed by atoms with Gasteiger partial charge in [-0.15, -0.1) is 0 Å². The zero-order valence-electron chi connectivity index (χ0n) is 15.8. The van der Waals surface area contributed by atoms with E-state index in [1.54, 1.807) is 0 Å². The third kappa shape index (κ3) is 5.26. The van der Waals surface area contributed by atoms with Crippen molar-refractivity contribution >= 4 is 0 Å². The minimum Gasteiger partial charge on any atom is -0.494 e. The van der Waals surface area contributed by atoms with Crippen molar-refractivity contribution in [2.45, 2.75) is 84.0 Å². The second-order valence-electron chi connectivity index (χ2n) is 8.64. The van der Waals surface area contributed by atoms with E-state index in [0.717, 1.165) is 36.0 Å². The van der Waals surface area contributed by atoms with Gasteiger partial charge in [0.15, 0.2) is 0 Å². The molecule has 0 amide bonds. The Morgan fingerprint density at radius 1 is 0.792 bits per heavy atom. The highest BCUT2D eigenvalue weighted by atomic mass is 16.5. The summed E-state index contributed by atoms with van der Waals surface area (Å²) in [6.07, 6.45) is 13.8. The Bertz CT molecular complexity index is 461. The molecule has 0 radical (unpaired) electrons. The first-order valence-corrected chi connectivity index (χ1v) is 10.4. The summed E-state index contributed by atoms with van der Waals surface area (Å²) in [7, 11) is 0. The summed E-state index contributed by atoms with van der Waals surface area (Å²) in [5.41, 5.74) is 1.52. The van der Waals surface area contributed by atoms with Gasteiger partial charge in [0.05, 0.1) is 6.61 Å². The standard InChI is InChI=1S/C23H36O/c1-18-5-9-20(10-6-18)4-3-17-24-23-15-13-22(14-16-23)21-11-7-19(2)8-12-21/h13-16,18-21H,3-12,17H2,1-2H3/t18-,19-,20-,21-. The van der Waals surface area contributed by atoms with Crippen LogP contribution in [0, 0.1) is 17.8 Å². The van der Waals surface area contributed by atoms with Crippen LogP contribution in [0.3, 0.4) is 0 Å². The van der Waals surface area contributed by atoms with E-state index in [-0.39, 0.29) is 0 Å². The molecule has 1 aromatic rings. The molecule has 2 aliphatic carbocycles. The van der Waals surface area contributed by atoms with Gasteiger partial charge >= 0.3 is 0 Å². The summed E-state index contributed by atoms with van der Waals surface area (Å²) in [6.45, 7) is 5.67. The molecule has 0 unspecified atom stereocenters. The first kappa shape index (κ1) is 17.8. The van der Waals surface area contributed by atoms with Crippen molar-refractivity contribution in [2.75, 3.05) is 6.61 Å². The average molecular weight is 329 g/mol. The van der Waals surface area contributed by atoms with E-state index >= 15 is 0 Å². The van der Waals surface area contributed by atoms with E-state index in [0.29, 0.717) is 0 Å². The third-order valence-corrected chi connectivity index (χ3v) is 6.53. The molecule has 0 N–H and O–H groups in total. The van der Waals surface area contributed by atoms with Crippen molar-refractivity contribution < 1.29 is 4.74 Å². The largest absolute Gasteiger partial charge is 0.494 e. The van der Waals surface area contributed by atoms with Gasteiger partial charge in [-0.05, 0) is 67.1 Å². The second-order valence-corrected chi connectivity index (χ2v) is 8.64. The first-order valence-electron chi connectivity index (χ1n) is 10.4. The monoisotopic (exact) mass is 328 g/mol. The quantitative estimate of drug-likeness (QED) is 0.512. The molecule has 0 atom stereocenters. The molecule has 1 heteroatoms. The average Bonchev–Trinajstić information content (AvgIpc) is 2.62. The van der Waals surface area contributed by atoms with E-state index in [1.807, 2.05) is 0 Å². The number of rotatable bonds is 6. The van der Waals surface area contributed by atoms with Crippen molar-refractivity contribution in [3.05, 3.63) is 29.8 Å². The van der Waals surface area contributed by atoms with Crippen molar-refractivity contribution in [2.24, 2.45) is 17.8 Å². The molecule has 2 saturated carbocycles. The van der Waals surface area contributed by atoms with Crippen LogP contribution in [0.4, 0.5) is 0 Å². The number of ether oxygens (including phenoxy) is 1. The molecule has 0 aromatic heterocycles. The number of hydrogen-bond donors (Lipinski definition) is 0. The first-order chi connectivity index (χ1) is 11.7. The zero-order chi connectivity index (χ0) is 16.8. The smallest absolute Gasteiger partial charge is 0.119 e. The van der Waals surface area contributed by atoms with E-state index < -0.39 is 0 Å². The van der Waals surface area contributed by atoms with Crippen LogP contribution < -0.4 is 4.74 Å². The SMILES string of the molecule is C[C@H]1CC[C@H](CCCOc2ccc([C@H]3CC[C@H](C)CC3)cc2)CC1.